The minimum atomic E-state index is -0.541. The van der Waals surface area contributed by atoms with Crippen molar-refractivity contribution in [3.63, 3.8) is 0 Å². The van der Waals surface area contributed by atoms with E-state index in [4.69, 9.17) is 0 Å². The number of rotatable bonds is 5. The van der Waals surface area contributed by atoms with Crippen molar-refractivity contribution in [2.45, 2.75) is 33.6 Å². The predicted molar refractivity (Wildman–Crippen MR) is 135 cm³/mol. The SMILES string of the molecule is Cc1cc[n+](C2=C(c3c(C(C)C)nn(-c4ccccc4)c3[O-])C(=O)N(c3cccc(C)c3)C2=O)cc1. The molecule has 2 aromatic carbocycles. The van der Waals surface area contributed by atoms with E-state index >= 15 is 0 Å². The molecule has 0 spiro atoms. The fourth-order valence-electron chi connectivity index (χ4n) is 4.44. The van der Waals surface area contributed by atoms with Gasteiger partial charge in [0.25, 0.3) is 11.6 Å². The molecule has 0 radical (unpaired) electrons. The highest BCUT2D eigenvalue weighted by molar-refractivity contribution is 6.53. The van der Waals surface area contributed by atoms with Crippen LogP contribution in [0.25, 0.3) is 17.0 Å². The van der Waals surface area contributed by atoms with Gasteiger partial charge in [-0.05, 0) is 61.0 Å². The maximum absolute atomic E-state index is 14.0. The summed E-state index contributed by atoms with van der Waals surface area (Å²) < 4.78 is 2.92. The Labute approximate surface area is 209 Å². The molecule has 0 unspecified atom stereocenters. The molecule has 0 saturated carbocycles. The zero-order valence-electron chi connectivity index (χ0n) is 20.6. The summed E-state index contributed by atoms with van der Waals surface area (Å²) in [5.41, 5.74) is 3.79. The number of hydrogen-bond acceptors (Lipinski definition) is 4. The van der Waals surface area contributed by atoms with E-state index in [0.717, 1.165) is 16.0 Å². The lowest BCUT2D eigenvalue weighted by Crippen LogP contribution is -2.39. The van der Waals surface area contributed by atoms with Crippen LogP contribution in [0.2, 0.25) is 0 Å². The van der Waals surface area contributed by atoms with Crippen LogP contribution >= 0.6 is 0 Å². The molecular formula is C29H26N4O3. The number of pyridine rings is 1. The third-order valence-corrected chi connectivity index (χ3v) is 6.24. The van der Waals surface area contributed by atoms with Crippen LogP contribution in [0, 0.1) is 13.8 Å². The molecule has 0 aliphatic carbocycles. The summed E-state index contributed by atoms with van der Waals surface area (Å²) in [5.74, 6) is -1.63. The van der Waals surface area contributed by atoms with E-state index < -0.39 is 17.7 Å². The van der Waals surface area contributed by atoms with Crippen molar-refractivity contribution >= 4 is 28.8 Å². The number of anilines is 1. The minimum absolute atomic E-state index is 0.0613. The van der Waals surface area contributed by atoms with Gasteiger partial charge in [0.1, 0.15) is 5.57 Å². The Morgan fingerprint density at radius 1 is 0.833 bits per heavy atom. The highest BCUT2D eigenvalue weighted by Gasteiger charge is 2.47. The van der Waals surface area contributed by atoms with Gasteiger partial charge < -0.3 is 5.11 Å². The molecule has 4 aromatic rings. The highest BCUT2D eigenvalue weighted by atomic mass is 16.3. The largest absolute Gasteiger partial charge is 0.858 e. The van der Waals surface area contributed by atoms with Gasteiger partial charge in [-0.2, -0.15) is 9.67 Å². The maximum atomic E-state index is 14.0. The van der Waals surface area contributed by atoms with E-state index in [-0.39, 0.29) is 22.8 Å². The molecular weight excluding hydrogens is 452 g/mol. The second kappa shape index (κ2) is 8.92. The van der Waals surface area contributed by atoms with Gasteiger partial charge in [-0.3, -0.25) is 9.59 Å². The fourth-order valence-corrected chi connectivity index (χ4v) is 4.44. The van der Waals surface area contributed by atoms with Crippen molar-refractivity contribution in [3.8, 4) is 11.6 Å². The van der Waals surface area contributed by atoms with Gasteiger partial charge in [-0.15, -0.1) is 0 Å². The Morgan fingerprint density at radius 3 is 2.14 bits per heavy atom. The summed E-state index contributed by atoms with van der Waals surface area (Å²) in [6, 6.07) is 20.0. The molecule has 0 N–H and O–H groups in total. The lowest BCUT2D eigenvalue weighted by Gasteiger charge is -2.16. The van der Waals surface area contributed by atoms with Crippen LogP contribution in [-0.2, 0) is 9.59 Å². The summed E-state index contributed by atoms with van der Waals surface area (Å²) in [6.45, 7) is 7.67. The van der Waals surface area contributed by atoms with Crippen molar-refractivity contribution in [1.82, 2.24) is 9.78 Å². The zero-order chi connectivity index (χ0) is 25.6. The molecule has 0 atom stereocenters. The molecule has 0 bridgehead atoms. The van der Waals surface area contributed by atoms with Gasteiger partial charge >= 0.3 is 5.91 Å². The number of carbonyl (C=O) groups is 2. The number of nitrogens with zero attached hydrogens (tertiary/aromatic N) is 4. The Kier molecular flexibility index (Phi) is 5.76. The number of aromatic nitrogens is 3. The van der Waals surface area contributed by atoms with Crippen LogP contribution in [0.1, 0.15) is 42.1 Å². The minimum Gasteiger partial charge on any atom is -0.858 e. The first kappa shape index (κ1) is 23.2. The topological polar surface area (TPSA) is 82.1 Å². The Morgan fingerprint density at radius 2 is 1.50 bits per heavy atom. The van der Waals surface area contributed by atoms with Gasteiger partial charge in [0.2, 0.25) is 0 Å². The summed E-state index contributed by atoms with van der Waals surface area (Å²) in [5, 5.41) is 18.5. The summed E-state index contributed by atoms with van der Waals surface area (Å²) >= 11 is 0. The van der Waals surface area contributed by atoms with Gasteiger partial charge in [0.05, 0.1) is 17.1 Å². The quantitative estimate of drug-likeness (QED) is 0.322. The Balaban J connectivity index is 1.80. The average Bonchev–Trinajstić information content (AvgIpc) is 3.33. The Bertz CT molecular complexity index is 1520. The molecule has 0 saturated heterocycles. The summed E-state index contributed by atoms with van der Waals surface area (Å²) in [6.07, 6.45) is 3.47. The highest BCUT2D eigenvalue weighted by Crippen LogP contribution is 2.40. The van der Waals surface area contributed by atoms with E-state index in [1.807, 2.05) is 64.1 Å². The predicted octanol–water partition coefficient (Wildman–Crippen LogP) is 3.92. The first-order valence-corrected chi connectivity index (χ1v) is 11.8. The summed E-state index contributed by atoms with van der Waals surface area (Å²) in [4.78, 5) is 29.0. The maximum Gasteiger partial charge on any atom is 0.331 e. The Hall–Kier alpha value is -4.52. The van der Waals surface area contributed by atoms with Crippen LogP contribution in [-0.4, -0.2) is 21.6 Å². The van der Waals surface area contributed by atoms with Gasteiger partial charge in [-0.1, -0.05) is 44.2 Å². The molecule has 3 heterocycles. The molecule has 36 heavy (non-hydrogen) atoms. The second-order valence-electron chi connectivity index (χ2n) is 9.26. The first-order chi connectivity index (χ1) is 17.3. The lowest BCUT2D eigenvalue weighted by atomic mass is 9.98. The molecule has 2 amide bonds. The van der Waals surface area contributed by atoms with Crippen molar-refractivity contribution < 1.29 is 19.3 Å². The lowest BCUT2D eigenvalue weighted by molar-refractivity contribution is -0.576. The smallest absolute Gasteiger partial charge is 0.331 e. The first-order valence-electron chi connectivity index (χ1n) is 11.8. The van der Waals surface area contributed by atoms with Gasteiger partial charge in [0.15, 0.2) is 12.4 Å². The van der Waals surface area contributed by atoms with Crippen molar-refractivity contribution in [2.75, 3.05) is 4.90 Å². The van der Waals surface area contributed by atoms with Crippen LogP contribution in [0.3, 0.4) is 0 Å². The number of aryl methyl sites for hydroxylation is 2. The number of imide groups is 1. The van der Waals surface area contributed by atoms with Crippen LogP contribution < -0.4 is 14.6 Å². The normalized spacial score (nSPS) is 13.9. The number of hydrogen-bond donors (Lipinski definition) is 0. The van der Waals surface area contributed by atoms with Crippen molar-refractivity contribution in [1.29, 1.82) is 0 Å². The van der Waals surface area contributed by atoms with Crippen LogP contribution in [0.5, 0.6) is 5.88 Å². The number of benzene rings is 2. The number of carbonyl (C=O) groups excluding carboxylic acids is 2. The molecule has 7 nitrogen and oxygen atoms in total. The van der Waals surface area contributed by atoms with Crippen molar-refractivity contribution in [2.24, 2.45) is 0 Å². The number of amides is 2. The third kappa shape index (κ3) is 3.79. The average molecular weight is 479 g/mol. The van der Waals surface area contributed by atoms with Crippen LogP contribution in [0.15, 0.2) is 79.1 Å². The fraction of sp³-hybridized carbons (Fsp3) is 0.172. The summed E-state index contributed by atoms with van der Waals surface area (Å²) in [7, 11) is 0. The standard InChI is InChI=1S/C29H26N4O3/c1-18(2)25-23(28(35)33(30-25)21-10-6-5-7-11-21)24-26(31-15-13-19(3)14-16-31)29(36)32(27(24)34)22-12-8-9-20(4)17-22/h5-18H,1-4H3. The number of para-hydroxylation sites is 1. The van der Waals surface area contributed by atoms with E-state index in [1.54, 1.807) is 47.3 Å². The third-order valence-electron chi connectivity index (χ3n) is 6.24. The van der Waals surface area contributed by atoms with E-state index in [0.29, 0.717) is 17.1 Å². The van der Waals surface area contributed by atoms with Gasteiger partial charge in [0, 0.05) is 17.7 Å². The molecule has 0 fully saturated rings. The molecule has 180 valence electrons. The monoisotopic (exact) mass is 478 g/mol. The van der Waals surface area contributed by atoms with E-state index in [1.165, 1.54) is 4.68 Å². The van der Waals surface area contributed by atoms with E-state index in [9.17, 15) is 14.7 Å². The van der Waals surface area contributed by atoms with Gasteiger partial charge in [-0.25, -0.2) is 9.58 Å². The molecule has 5 rings (SSSR count). The zero-order valence-corrected chi connectivity index (χ0v) is 20.6. The molecule has 1 aliphatic heterocycles. The molecule has 1 aliphatic rings. The molecule has 7 heteroatoms. The van der Waals surface area contributed by atoms with E-state index in [2.05, 4.69) is 5.10 Å². The van der Waals surface area contributed by atoms with Crippen LogP contribution in [0.4, 0.5) is 5.69 Å². The second-order valence-corrected chi connectivity index (χ2v) is 9.26. The van der Waals surface area contributed by atoms with Crippen molar-refractivity contribution in [3.05, 3.63) is 102 Å². The molecule has 2 aromatic heterocycles.